The molecule has 4 nitrogen and oxygen atoms in total. The molecule has 0 aromatic heterocycles. The number of ketones is 1. The number of methoxy groups -OCH3 is 1. The predicted octanol–water partition coefficient (Wildman–Crippen LogP) is 3.57. The van der Waals surface area contributed by atoms with Crippen LogP contribution >= 0.6 is 0 Å². The molecule has 0 saturated heterocycles. The van der Waals surface area contributed by atoms with Crippen LogP contribution in [0.4, 0.5) is 0 Å². The molecular formula is C19H18O4. The smallest absolute Gasteiger partial charge is 0.343 e. The lowest BCUT2D eigenvalue weighted by Crippen LogP contribution is -2.06. The highest BCUT2D eigenvalue weighted by Crippen LogP contribution is 2.13. The third-order valence-corrected chi connectivity index (χ3v) is 3.16. The van der Waals surface area contributed by atoms with Gasteiger partial charge in [0.1, 0.15) is 11.5 Å². The predicted molar refractivity (Wildman–Crippen MR) is 87.3 cm³/mol. The highest BCUT2D eigenvalue weighted by Gasteiger charge is 2.09. The van der Waals surface area contributed by atoms with Gasteiger partial charge in [0.25, 0.3) is 0 Å². The van der Waals surface area contributed by atoms with E-state index in [1.807, 2.05) is 30.3 Å². The Kier molecular flexibility index (Phi) is 5.69. The fraction of sp³-hybridized carbons (Fsp3) is 0.158. The second-order valence-electron chi connectivity index (χ2n) is 5.00. The number of benzene rings is 2. The van der Waals surface area contributed by atoms with Crippen LogP contribution in [0.2, 0.25) is 0 Å². The SMILES string of the molecule is COc1ccc(C(=O)O/C(C)=C/C(=O)Cc2ccccc2)cc1. The van der Waals surface area contributed by atoms with Crippen molar-refractivity contribution in [1.29, 1.82) is 0 Å². The molecule has 118 valence electrons. The maximum atomic E-state index is 12.0. The summed E-state index contributed by atoms with van der Waals surface area (Å²) < 4.78 is 10.2. The lowest BCUT2D eigenvalue weighted by atomic mass is 10.1. The van der Waals surface area contributed by atoms with Gasteiger partial charge in [-0.05, 0) is 36.8 Å². The summed E-state index contributed by atoms with van der Waals surface area (Å²) in [5.74, 6) is 0.309. The van der Waals surface area contributed by atoms with E-state index in [4.69, 9.17) is 9.47 Å². The summed E-state index contributed by atoms with van der Waals surface area (Å²) in [7, 11) is 1.55. The molecule has 2 rings (SSSR count). The molecule has 23 heavy (non-hydrogen) atoms. The third-order valence-electron chi connectivity index (χ3n) is 3.16. The quantitative estimate of drug-likeness (QED) is 0.465. The van der Waals surface area contributed by atoms with Gasteiger partial charge < -0.3 is 9.47 Å². The highest BCUT2D eigenvalue weighted by molar-refractivity contribution is 5.93. The van der Waals surface area contributed by atoms with Crippen LogP contribution in [-0.4, -0.2) is 18.9 Å². The van der Waals surface area contributed by atoms with E-state index in [0.717, 1.165) is 5.56 Å². The topological polar surface area (TPSA) is 52.6 Å². The first-order valence-corrected chi connectivity index (χ1v) is 7.20. The number of hydrogen-bond donors (Lipinski definition) is 0. The Morgan fingerprint density at radius 1 is 1.00 bits per heavy atom. The standard InChI is InChI=1S/C19H18O4/c1-14(12-17(20)13-15-6-4-3-5-7-15)23-19(21)16-8-10-18(22-2)11-9-16/h3-12H,13H2,1-2H3/b14-12+. The molecule has 0 heterocycles. The van der Waals surface area contributed by atoms with Crippen molar-refractivity contribution in [2.24, 2.45) is 0 Å². The zero-order valence-electron chi connectivity index (χ0n) is 13.1. The summed E-state index contributed by atoms with van der Waals surface area (Å²) in [6.45, 7) is 1.59. The monoisotopic (exact) mass is 310 g/mol. The lowest BCUT2D eigenvalue weighted by molar-refractivity contribution is -0.114. The van der Waals surface area contributed by atoms with Crippen molar-refractivity contribution in [3.05, 3.63) is 77.6 Å². The molecule has 0 atom stereocenters. The molecule has 0 bridgehead atoms. The Hall–Kier alpha value is -2.88. The summed E-state index contributed by atoms with van der Waals surface area (Å²) in [4.78, 5) is 23.9. The van der Waals surface area contributed by atoms with Crippen molar-refractivity contribution in [2.75, 3.05) is 7.11 Å². The van der Waals surface area contributed by atoms with Crippen LogP contribution in [-0.2, 0) is 16.0 Å². The fourth-order valence-electron chi connectivity index (χ4n) is 2.04. The minimum Gasteiger partial charge on any atom is -0.497 e. The first kappa shape index (κ1) is 16.5. The maximum Gasteiger partial charge on any atom is 0.343 e. The molecule has 2 aromatic carbocycles. The Balaban J connectivity index is 1.95. The summed E-state index contributed by atoms with van der Waals surface area (Å²) in [5.41, 5.74) is 1.32. The van der Waals surface area contributed by atoms with E-state index in [-0.39, 0.29) is 18.0 Å². The third kappa shape index (κ3) is 5.11. The van der Waals surface area contributed by atoms with Gasteiger partial charge in [-0.1, -0.05) is 30.3 Å². The largest absolute Gasteiger partial charge is 0.497 e. The molecule has 0 fully saturated rings. The first-order valence-electron chi connectivity index (χ1n) is 7.20. The van der Waals surface area contributed by atoms with E-state index in [1.54, 1.807) is 38.3 Å². The van der Waals surface area contributed by atoms with Crippen molar-refractivity contribution < 1.29 is 19.1 Å². The molecule has 0 spiro atoms. The Labute approximate surface area is 135 Å². The molecule has 0 aliphatic rings. The van der Waals surface area contributed by atoms with E-state index in [0.29, 0.717) is 11.3 Å². The van der Waals surface area contributed by atoms with Crippen molar-refractivity contribution >= 4 is 11.8 Å². The van der Waals surface area contributed by atoms with Gasteiger partial charge in [-0.2, -0.15) is 0 Å². The number of ether oxygens (including phenoxy) is 2. The van der Waals surface area contributed by atoms with Crippen molar-refractivity contribution in [3.8, 4) is 5.75 Å². The van der Waals surface area contributed by atoms with Crippen molar-refractivity contribution in [3.63, 3.8) is 0 Å². The zero-order chi connectivity index (χ0) is 16.7. The molecule has 0 aliphatic carbocycles. The van der Waals surface area contributed by atoms with Gasteiger partial charge in [-0.3, -0.25) is 4.79 Å². The number of carbonyl (C=O) groups is 2. The van der Waals surface area contributed by atoms with Gasteiger partial charge in [-0.25, -0.2) is 4.79 Å². The van der Waals surface area contributed by atoms with Gasteiger partial charge in [0.15, 0.2) is 5.78 Å². The Morgan fingerprint density at radius 3 is 2.26 bits per heavy atom. The number of carbonyl (C=O) groups excluding carboxylic acids is 2. The number of esters is 1. The first-order chi connectivity index (χ1) is 11.1. The van der Waals surface area contributed by atoms with E-state index < -0.39 is 5.97 Å². The van der Waals surface area contributed by atoms with Gasteiger partial charge in [-0.15, -0.1) is 0 Å². The molecule has 4 heteroatoms. The summed E-state index contributed by atoms with van der Waals surface area (Å²) >= 11 is 0. The number of hydrogen-bond acceptors (Lipinski definition) is 4. The average molecular weight is 310 g/mol. The van der Waals surface area contributed by atoms with Crippen molar-refractivity contribution in [1.82, 2.24) is 0 Å². The van der Waals surface area contributed by atoms with Gasteiger partial charge >= 0.3 is 5.97 Å². The van der Waals surface area contributed by atoms with Gasteiger partial charge in [0.05, 0.1) is 12.7 Å². The van der Waals surface area contributed by atoms with E-state index in [1.165, 1.54) is 6.08 Å². The Morgan fingerprint density at radius 2 is 1.65 bits per heavy atom. The maximum absolute atomic E-state index is 12.0. The molecule has 2 aromatic rings. The average Bonchev–Trinajstić information content (AvgIpc) is 2.55. The van der Waals surface area contributed by atoms with Crippen LogP contribution in [0.25, 0.3) is 0 Å². The number of rotatable bonds is 6. The summed E-state index contributed by atoms with van der Waals surface area (Å²) in [5, 5.41) is 0. The summed E-state index contributed by atoms with van der Waals surface area (Å²) in [6.07, 6.45) is 1.62. The van der Waals surface area contributed by atoms with Crippen LogP contribution in [0, 0.1) is 0 Å². The molecule has 0 N–H and O–H groups in total. The number of allylic oxidation sites excluding steroid dienone is 2. The second-order valence-corrected chi connectivity index (χ2v) is 5.00. The van der Waals surface area contributed by atoms with Gasteiger partial charge in [0, 0.05) is 12.5 Å². The van der Waals surface area contributed by atoms with Gasteiger partial charge in [0.2, 0.25) is 0 Å². The van der Waals surface area contributed by atoms with Crippen LogP contribution in [0.1, 0.15) is 22.8 Å². The molecule has 0 unspecified atom stereocenters. The normalized spacial score (nSPS) is 11.0. The molecule has 0 saturated carbocycles. The molecular weight excluding hydrogens is 292 g/mol. The highest BCUT2D eigenvalue weighted by atomic mass is 16.5. The summed E-state index contributed by atoms with van der Waals surface area (Å²) in [6, 6.07) is 16.0. The molecule has 0 amide bonds. The van der Waals surface area contributed by atoms with Crippen LogP contribution in [0.5, 0.6) is 5.75 Å². The van der Waals surface area contributed by atoms with E-state index >= 15 is 0 Å². The van der Waals surface area contributed by atoms with Crippen molar-refractivity contribution in [2.45, 2.75) is 13.3 Å². The second kappa shape index (κ2) is 7.94. The Bertz CT molecular complexity index is 700. The lowest BCUT2D eigenvalue weighted by Gasteiger charge is -2.05. The zero-order valence-corrected chi connectivity index (χ0v) is 13.1. The van der Waals surface area contributed by atoms with Crippen LogP contribution in [0.3, 0.4) is 0 Å². The molecule has 0 radical (unpaired) electrons. The molecule has 0 aliphatic heterocycles. The fourth-order valence-corrected chi connectivity index (χ4v) is 2.04. The van der Waals surface area contributed by atoms with E-state index in [2.05, 4.69) is 0 Å². The van der Waals surface area contributed by atoms with E-state index in [9.17, 15) is 9.59 Å². The minimum absolute atomic E-state index is 0.115. The van der Waals surface area contributed by atoms with Crippen LogP contribution < -0.4 is 4.74 Å². The minimum atomic E-state index is -0.506. The van der Waals surface area contributed by atoms with Crippen LogP contribution in [0.15, 0.2) is 66.4 Å².